The van der Waals surface area contributed by atoms with Crippen LogP contribution in [0.2, 0.25) is 0 Å². The lowest BCUT2D eigenvalue weighted by Gasteiger charge is -2.13. The van der Waals surface area contributed by atoms with Gasteiger partial charge in [-0.05, 0) is 48.2 Å². The number of H-pyrrole nitrogens is 1. The Hall–Kier alpha value is -4.17. The normalized spacial score (nSPS) is 11.3. The van der Waals surface area contributed by atoms with Crippen molar-refractivity contribution in [3.63, 3.8) is 0 Å². The Labute approximate surface area is 223 Å². The summed E-state index contributed by atoms with van der Waals surface area (Å²) in [6.07, 6.45) is 4.45. The molecule has 38 heavy (non-hydrogen) atoms. The third kappa shape index (κ3) is 6.03. The maximum Gasteiger partial charge on any atom is 0.278 e. The number of aromatic nitrogens is 2. The molecule has 0 atom stereocenters. The monoisotopic (exact) mass is 562 g/mol. The van der Waals surface area contributed by atoms with Gasteiger partial charge in [-0.1, -0.05) is 17.8 Å². The van der Waals surface area contributed by atoms with Crippen LogP contribution in [0, 0.1) is 0 Å². The van der Waals surface area contributed by atoms with E-state index in [4.69, 9.17) is 24.7 Å². The zero-order chi connectivity index (χ0) is 28.0. The predicted molar refractivity (Wildman–Crippen MR) is 144 cm³/mol. The number of aromatic amines is 1. The number of benzene rings is 2. The number of ether oxygens (including phenoxy) is 4. The first-order valence-corrected chi connectivity index (χ1v) is 13.5. The molecule has 202 valence electrons. The Morgan fingerprint density at radius 2 is 1.66 bits per heavy atom. The fourth-order valence-corrected chi connectivity index (χ4v) is 5.02. The van der Waals surface area contributed by atoms with Crippen molar-refractivity contribution in [2.45, 2.75) is 10.1 Å². The van der Waals surface area contributed by atoms with Crippen LogP contribution in [0.25, 0.3) is 6.08 Å². The van der Waals surface area contributed by atoms with Crippen molar-refractivity contribution in [1.82, 2.24) is 9.97 Å². The number of hydrogen-bond donors (Lipinski definition) is 3. The van der Waals surface area contributed by atoms with E-state index >= 15 is 0 Å². The molecule has 4 N–H and O–H groups in total. The third-order valence-corrected chi connectivity index (χ3v) is 7.16. The number of hydrogen-bond acceptors (Lipinski definition) is 11. The van der Waals surface area contributed by atoms with E-state index in [9.17, 15) is 18.0 Å². The van der Waals surface area contributed by atoms with Crippen LogP contribution >= 0.6 is 11.8 Å². The van der Waals surface area contributed by atoms with E-state index in [0.717, 1.165) is 17.8 Å². The summed E-state index contributed by atoms with van der Waals surface area (Å²) in [5, 5.41) is 0.222. The van der Waals surface area contributed by atoms with Gasteiger partial charge in [0.15, 0.2) is 33.9 Å². The molecule has 0 aliphatic carbocycles. The molecule has 0 fully saturated rings. The van der Waals surface area contributed by atoms with Gasteiger partial charge in [0.1, 0.15) is 10.6 Å². The standard InChI is InChI=1S/C24H26N4O8S2/c1-33-16-9-7-14(15(29)8-6-13-10-17(34-2)21(36-4)18(11-13)35-3)12-19(16)38(31,32)28-20-22(25)26-24(37-5)27-23(20)30/h6-12,28H,1-5H3,(H3,25,26,27,30)/b8-6+. The lowest BCUT2D eigenvalue weighted by Crippen LogP contribution is -2.23. The molecule has 0 amide bonds. The van der Waals surface area contributed by atoms with Crippen LogP contribution in [0.1, 0.15) is 15.9 Å². The summed E-state index contributed by atoms with van der Waals surface area (Å²) >= 11 is 1.13. The molecule has 0 bridgehead atoms. The molecule has 1 heterocycles. The largest absolute Gasteiger partial charge is 0.495 e. The third-order valence-electron chi connectivity index (χ3n) is 5.21. The first-order valence-electron chi connectivity index (χ1n) is 10.8. The average molecular weight is 563 g/mol. The van der Waals surface area contributed by atoms with Gasteiger partial charge in [0.05, 0.1) is 28.4 Å². The van der Waals surface area contributed by atoms with Crippen LogP contribution in [-0.2, 0) is 10.0 Å². The summed E-state index contributed by atoms with van der Waals surface area (Å²) in [5.41, 5.74) is 5.19. The van der Waals surface area contributed by atoms with Gasteiger partial charge in [0.25, 0.3) is 15.6 Å². The van der Waals surface area contributed by atoms with Gasteiger partial charge in [-0.25, -0.2) is 13.4 Å². The highest BCUT2D eigenvalue weighted by molar-refractivity contribution is 7.98. The Bertz CT molecular complexity index is 1530. The van der Waals surface area contributed by atoms with Crippen molar-refractivity contribution in [3.05, 3.63) is 57.9 Å². The molecule has 2 aromatic carbocycles. The number of ketones is 1. The summed E-state index contributed by atoms with van der Waals surface area (Å²) in [6.45, 7) is 0. The molecule has 0 saturated carbocycles. The van der Waals surface area contributed by atoms with Crippen LogP contribution in [-0.4, -0.2) is 58.9 Å². The Morgan fingerprint density at radius 3 is 2.18 bits per heavy atom. The summed E-state index contributed by atoms with van der Waals surface area (Å²) < 4.78 is 49.6. The molecular formula is C24H26N4O8S2. The number of carbonyl (C=O) groups is 1. The van der Waals surface area contributed by atoms with Crippen LogP contribution < -0.4 is 35.0 Å². The highest BCUT2D eigenvalue weighted by atomic mass is 32.2. The highest BCUT2D eigenvalue weighted by Crippen LogP contribution is 2.38. The topological polar surface area (TPSA) is 172 Å². The quantitative estimate of drug-likeness (QED) is 0.136. The van der Waals surface area contributed by atoms with Crippen molar-refractivity contribution in [1.29, 1.82) is 0 Å². The molecule has 0 aliphatic rings. The first-order chi connectivity index (χ1) is 18.1. The zero-order valence-electron chi connectivity index (χ0n) is 21.1. The zero-order valence-corrected chi connectivity index (χ0v) is 22.8. The van der Waals surface area contributed by atoms with Crippen LogP contribution in [0.4, 0.5) is 11.5 Å². The van der Waals surface area contributed by atoms with Gasteiger partial charge in [-0.3, -0.25) is 19.3 Å². The number of sulfonamides is 1. The molecule has 0 saturated heterocycles. The summed E-state index contributed by atoms with van der Waals surface area (Å²) in [6, 6.07) is 7.18. The molecule has 3 aromatic rings. The van der Waals surface area contributed by atoms with Crippen LogP contribution in [0.15, 0.2) is 51.3 Å². The second-order valence-electron chi connectivity index (χ2n) is 7.46. The number of rotatable bonds is 11. The second kappa shape index (κ2) is 11.9. The number of methoxy groups -OCH3 is 4. The molecule has 1 aromatic heterocycles. The van der Waals surface area contributed by atoms with E-state index in [1.807, 2.05) is 0 Å². The SMILES string of the molecule is COc1ccc(C(=O)/C=C/c2cc(OC)c(OC)c(OC)c2)cc1S(=O)(=O)Nc1c(N)nc(SC)[nH]c1=O. The minimum Gasteiger partial charge on any atom is -0.495 e. The van der Waals surface area contributed by atoms with Crippen LogP contribution in [0.5, 0.6) is 23.0 Å². The predicted octanol–water partition coefficient (Wildman–Crippen LogP) is 2.81. The van der Waals surface area contributed by atoms with Gasteiger partial charge in [-0.15, -0.1) is 0 Å². The van der Waals surface area contributed by atoms with Gasteiger partial charge >= 0.3 is 0 Å². The Kier molecular flexibility index (Phi) is 8.91. The first kappa shape index (κ1) is 28.4. The molecule has 0 spiro atoms. The maximum atomic E-state index is 13.2. The fourth-order valence-electron chi connectivity index (χ4n) is 3.36. The number of nitrogen functional groups attached to an aromatic ring is 1. The molecule has 3 rings (SSSR count). The van der Waals surface area contributed by atoms with E-state index in [1.165, 1.54) is 52.7 Å². The number of nitrogens with two attached hydrogens (primary N) is 1. The number of thioether (sulfide) groups is 1. The van der Waals surface area contributed by atoms with E-state index in [1.54, 1.807) is 18.4 Å². The minimum atomic E-state index is -4.41. The van der Waals surface area contributed by atoms with Gasteiger partial charge in [0.2, 0.25) is 5.75 Å². The van der Waals surface area contributed by atoms with Gasteiger partial charge < -0.3 is 24.7 Å². The number of nitrogens with zero attached hydrogens (tertiary/aromatic N) is 1. The molecular weight excluding hydrogens is 536 g/mol. The summed E-state index contributed by atoms with van der Waals surface area (Å²) in [4.78, 5) is 31.3. The number of allylic oxidation sites excluding steroid dienone is 1. The van der Waals surface area contributed by atoms with Crippen molar-refractivity contribution < 1.29 is 32.2 Å². The second-order valence-corrected chi connectivity index (χ2v) is 9.91. The van der Waals surface area contributed by atoms with E-state index in [0.29, 0.717) is 22.8 Å². The lowest BCUT2D eigenvalue weighted by molar-refractivity contribution is 0.104. The van der Waals surface area contributed by atoms with Crippen molar-refractivity contribution in [2.75, 3.05) is 45.2 Å². The van der Waals surface area contributed by atoms with E-state index < -0.39 is 27.1 Å². The number of carbonyl (C=O) groups excluding carboxylic acids is 1. The van der Waals surface area contributed by atoms with Gasteiger partial charge in [0, 0.05) is 5.56 Å². The fraction of sp³-hybridized carbons (Fsp3) is 0.208. The van der Waals surface area contributed by atoms with E-state index in [-0.39, 0.29) is 27.2 Å². The molecule has 0 aliphatic heterocycles. The maximum absolute atomic E-state index is 13.2. The Morgan fingerprint density at radius 1 is 1.03 bits per heavy atom. The molecule has 0 radical (unpaired) electrons. The van der Waals surface area contributed by atoms with Gasteiger partial charge in [-0.2, -0.15) is 0 Å². The Balaban J connectivity index is 1.97. The lowest BCUT2D eigenvalue weighted by atomic mass is 10.1. The highest BCUT2D eigenvalue weighted by Gasteiger charge is 2.24. The summed E-state index contributed by atoms with van der Waals surface area (Å²) in [5.74, 6) is 0.344. The molecule has 12 nitrogen and oxygen atoms in total. The minimum absolute atomic E-state index is 0.0487. The van der Waals surface area contributed by atoms with Crippen molar-refractivity contribution in [2.24, 2.45) is 0 Å². The van der Waals surface area contributed by atoms with E-state index in [2.05, 4.69) is 14.7 Å². The molecule has 0 unspecified atom stereocenters. The average Bonchev–Trinajstić information content (AvgIpc) is 2.92. The molecule has 14 heteroatoms. The number of anilines is 2. The van der Waals surface area contributed by atoms with Crippen molar-refractivity contribution in [3.8, 4) is 23.0 Å². The van der Waals surface area contributed by atoms with Crippen molar-refractivity contribution >= 4 is 45.1 Å². The van der Waals surface area contributed by atoms with Crippen LogP contribution in [0.3, 0.4) is 0 Å². The summed E-state index contributed by atoms with van der Waals surface area (Å²) in [7, 11) is 1.28. The smallest absolute Gasteiger partial charge is 0.278 e. The number of nitrogens with one attached hydrogen (secondary N) is 2.